The van der Waals surface area contributed by atoms with E-state index in [0.717, 1.165) is 19.4 Å². The van der Waals surface area contributed by atoms with Crippen LogP contribution in [0.5, 0.6) is 0 Å². The molecular weight excluding hydrogens is 130 g/mol. The zero-order valence-electron chi connectivity index (χ0n) is 6.46. The van der Waals surface area contributed by atoms with Gasteiger partial charge in [-0.3, -0.25) is 0 Å². The van der Waals surface area contributed by atoms with Gasteiger partial charge in [0.15, 0.2) is 0 Å². The molecule has 0 amide bonds. The van der Waals surface area contributed by atoms with Crippen molar-refractivity contribution in [1.29, 1.82) is 0 Å². The van der Waals surface area contributed by atoms with Gasteiger partial charge in [0, 0.05) is 12.8 Å². The minimum atomic E-state index is -0.900. The molecule has 0 saturated carbocycles. The zero-order valence-corrected chi connectivity index (χ0v) is 6.46. The van der Waals surface area contributed by atoms with Gasteiger partial charge in [0.2, 0.25) is 0 Å². The summed E-state index contributed by atoms with van der Waals surface area (Å²) in [4.78, 5) is 10.5. The fourth-order valence-corrected chi connectivity index (χ4v) is 1.60. The Hall–Kier alpha value is -0.570. The minimum Gasteiger partial charge on any atom is -0.544 e. The lowest BCUT2D eigenvalue weighted by Gasteiger charge is -2.31. The van der Waals surface area contributed by atoms with Crippen LogP contribution < -0.4 is 5.11 Å². The zero-order chi connectivity index (χ0) is 7.78. The first kappa shape index (κ1) is 7.54. The van der Waals surface area contributed by atoms with Crippen molar-refractivity contribution in [2.45, 2.75) is 18.9 Å². The van der Waals surface area contributed by atoms with Gasteiger partial charge in [0.1, 0.15) is 6.04 Å². The van der Waals surface area contributed by atoms with Crippen molar-refractivity contribution in [3.8, 4) is 0 Å². The molecule has 3 nitrogen and oxygen atoms in total. The molecule has 1 aliphatic rings. The van der Waals surface area contributed by atoms with E-state index in [-0.39, 0.29) is 6.04 Å². The van der Waals surface area contributed by atoms with Gasteiger partial charge in [0.05, 0.1) is 26.6 Å². The van der Waals surface area contributed by atoms with Gasteiger partial charge >= 0.3 is 0 Å². The summed E-state index contributed by atoms with van der Waals surface area (Å²) in [7, 11) is 3.88. The van der Waals surface area contributed by atoms with E-state index in [9.17, 15) is 9.90 Å². The Bertz CT molecular complexity index is 154. The maximum absolute atomic E-state index is 10.5. The monoisotopic (exact) mass is 143 g/mol. The number of likely N-dealkylation sites (tertiary alicyclic amines) is 1. The number of carbonyl (C=O) groups excluding carboxylic acids is 1. The maximum atomic E-state index is 10.5. The molecule has 0 aliphatic carbocycles. The summed E-state index contributed by atoms with van der Waals surface area (Å²) in [5.41, 5.74) is 0. The average molecular weight is 143 g/mol. The van der Waals surface area contributed by atoms with E-state index in [1.54, 1.807) is 0 Å². The molecule has 1 atom stereocenters. The van der Waals surface area contributed by atoms with E-state index < -0.39 is 5.97 Å². The number of hydrogen-bond acceptors (Lipinski definition) is 2. The molecule has 0 spiro atoms. The first-order chi connectivity index (χ1) is 4.54. The van der Waals surface area contributed by atoms with Crippen molar-refractivity contribution in [2.24, 2.45) is 0 Å². The molecule has 0 aromatic heterocycles. The molecule has 3 heteroatoms. The Labute approximate surface area is 60.8 Å². The van der Waals surface area contributed by atoms with Crippen molar-refractivity contribution in [2.75, 3.05) is 20.6 Å². The molecule has 0 aromatic rings. The quantitative estimate of drug-likeness (QED) is 0.441. The third-order valence-electron chi connectivity index (χ3n) is 2.33. The summed E-state index contributed by atoms with van der Waals surface area (Å²) in [6.07, 6.45) is 1.78. The molecule has 0 N–H and O–H groups in total. The molecule has 1 heterocycles. The van der Waals surface area contributed by atoms with Gasteiger partial charge in [-0.05, 0) is 0 Å². The largest absolute Gasteiger partial charge is 0.544 e. The average Bonchev–Trinajstić information content (AvgIpc) is 2.08. The lowest BCUT2D eigenvalue weighted by Crippen LogP contribution is -2.53. The second-order valence-electron chi connectivity index (χ2n) is 3.48. The van der Waals surface area contributed by atoms with Crippen molar-refractivity contribution in [3.63, 3.8) is 0 Å². The Balaban J connectivity index is 2.68. The molecule has 58 valence electrons. The molecule has 0 bridgehead atoms. The second-order valence-corrected chi connectivity index (χ2v) is 3.48. The number of nitrogens with zero attached hydrogens (tertiary/aromatic N) is 1. The molecular formula is C7H13NO2. The highest BCUT2D eigenvalue weighted by Crippen LogP contribution is 2.20. The topological polar surface area (TPSA) is 40.1 Å². The van der Waals surface area contributed by atoms with Crippen molar-refractivity contribution < 1.29 is 14.4 Å². The van der Waals surface area contributed by atoms with Crippen LogP contribution in [0.4, 0.5) is 0 Å². The first-order valence-electron chi connectivity index (χ1n) is 3.57. The SMILES string of the molecule is C[N+]1(C)CCC[C@@H]1C(=O)[O-]. The molecule has 1 fully saturated rings. The highest BCUT2D eigenvalue weighted by molar-refractivity contribution is 5.70. The number of rotatable bonds is 1. The van der Waals surface area contributed by atoms with Crippen LogP contribution in [0.2, 0.25) is 0 Å². The minimum absolute atomic E-state index is 0.278. The normalized spacial score (nSPS) is 30.4. The Kier molecular flexibility index (Phi) is 1.68. The van der Waals surface area contributed by atoms with E-state index in [1.807, 2.05) is 14.1 Å². The van der Waals surface area contributed by atoms with Crippen LogP contribution in [0, 0.1) is 0 Å². The van der Waals surface area contributed by atoms with E-state index in [0.29, 0.717) is 4.48 Å². The smallest absolute Gasteiger partial charge is 0.129 e. The van der Waals surface area contributed by atoms with Gasteiger partial charge in [-0.2, -0.15) is 0 Å². The summed E-state index contributed by atoms with van der Waals surface area (Å²) in [6.45, 7) is 0.957. The Morgan fingerprint density at radius 1 is 1.60 bits per heavy atom. The summed E-state index contributed by atoms with van der Waals surface area (Å²) in [5.74, 6) is -0.900. The van der Waals surface area contributed by atoms with Gasteiger partial charge < -0.3 is 14.4 Å². The predicted molar refractivity (Wildman–Crippen MR) is 35.0 cm³/mol. The van der Waals surface area contributed by atoms with E-state index in [4.69, 9.17) is 0 Å². The van der Waals surface area contributed by atoms with E-state index >= 15 is 0 Å². The fourth-order valence-electron chi connectivity index (χ4n) is 1.60. The van der Waals surface area contributed by atoms with Crippen molar-refractivity contribution in [1.82, 2.24) is 0 Å². The van der Waals surface area contributed by atoms with Gasteiger partial charge in [-0.1, -0.05) is 0 Å². The molecule has 0 unspecified atom stereocenters. The molecule has 10 heavy (non-hydrogen) atoms. The van der Waals surface area contributed by atoms with Crippen LogP contribution in [0.1, 0.15) is 12.8 Å². The molecule has 1 rings (SSSR count). The van der Waals surface area contributed by atoms with Crippen LogP contribution in [0.15, 0.2) is 0 Å². The summed E-state index contributed by atoms with van der Waals surface area (Å²) < 4.78 is 0.586. The predicted octanol–water partition coefficient (Wildman–Crippen LogP) is -1.02. The van der Waals surface area contributed by atoms with E-state index in [1.165, 1.54) is 0 Å². The molecule has 0 radical (unpaired) electrons. The first-order valence-corrected chi connectivity index (χ1v) is 3.57. The molecule has 1 aliphatic heterocycles. The standard InChI is InChI=1S/C7H13NO2/c1-8(2)5-3-4-6(8)7(9)10/h6H,3-5H2,1-2H3/t6-/m1/s1. The van der Waals surface area contributed by atoms with Crippen molar-refractivity contribution >= 4 is 5.97 Å². The van der Waals surface area contributed by atoms with Crippen LogP contribution >= 0.6 is 0 Å². The third kappa shape index (κ3) is 1.14. The lowest BCUT2D eigenvalue weighted by atomic mass is 10.2. The molecule has 1 saturated heterocycles. The third-order valence-corrected chi connectivity index (χ3v) is 2.33. The lowest BCUT2D eigenvalue weighted by molar-refractivity contribution is -0.895. The van der Waals surface area contributed by atoms with Crippen LogP contribution in [0.25, 0.3) is 0 Å². The number of carbonyl (C=O) groups is 1. The summed E-state index contributed by atoms with van der Waals surface area (Å²) in [5, 5.41) is 10.5. The van der Waals surface area contributed by atoms with E-state index in [2.05, 4.69) is 0 Å². The maximum Gasteiger partial charge on any atom is 0.129 e. The number of likely N-dealkylation sites (N-methyl/N-ethyl adjacent to an activating group) is 1. The Morgan fingerprint density at radius 3 is 2.40 bits per heavy atom. The van der Waals surface area contributed by atoms with Crippen LogP contribution in [0.3, 0.4) is 0 Å². The fraction of sp³-hybridized carbons (Fsp3) is 0.857. The second kappa shape index (κ2) is 2.23. The van der Waals surface area contributed by atoms with Crippen LogP contribution in [-0.2, 0) is 4.79 Å². The Morgan fingerprint density at radius 2 is 2.20 bits per heavy atom. The van der Waals surface area contributed by atoms with Crippen molar-refractivity contribution in [3.05, 3.63) is 0 Å². The van der Waals surface area contributed by atoms with Crippen LogP contribution in [-0.4, -0.2) is 37.1 Å². The summed E-state index contributed by atoms with van der Waals surface area (Å²) >= 11 is 0. The number of quaternary nitrogens is 1. The molecule has 0 aromatic carbocycles. The number of hydrogen-bond donors (Lipinski definition) is 0. The highest BCUT2D eigenvalue weighted by atomic mass is 16.4. The highest BCUT2D eigenvalue weighted by Gasteiger charge is 2.34. The van der Waals surface area contributed by atoms with Gasteiger partial charge in [-0.25, -0.2) is 0 Å². The number of carboxylic acid groups (broad SMARTS) is 1. The number of carboxylic acids is 1. The van der Waals surface area contributed by atoms with Gasteiger partial charge in [0.25, 0.3) is 0 Å². The summed E-state index contributed by atoms with van der Waals surface area (Å²) in [6, 6.07) is -0.278. The number of aliphatic carboxylic acids is 1. The van der Waals surface area contributed by atoms with Gasteiger partial charge in [-0.15, -0.1) is 0 Å².